The fraction of sp³-hybridized carbons (Fsp3) is 0.136. The molecule has 0 saturated carbocycles. The number of ether oxygens (including phenoxy) is 1. The summed E-state index contributed by atoms with van der Waals surface area (Å²) < 4.78 is 6.51. The lowest BCUT2D eigenvalue weighted by atomic mass is 10.0. The molecule has 1 atom stereocenters. The maximum Gasteiger partial charge on any atom is 0.328 e. The normalized spacial score (nSPS) is 11.9. The van der Waals surface area contributed by atoms with Gasteiger partial charge >= 0.3 is 5.97 Å². The summed E-state index contributed by atoms with van der Waals surface area (Å²) in [6.07, 6.45) is 5.27. The lowest BCUT2D eigenvalue weighted by Crippen LogP contribution is -2.43. The van der Waals surface area contributed by atoms with Gasteiger partial charge in [-0.1, -0.05) is 36.4 Å². The average molecular weight is 388 g/mol. The highest BCUT2D eigenvalue weighted by molar-refractivity contribution is 5.96. The Labute approximate surface area is 167 Å². The minimum atomic E-state index is -0.813. The van der Waals surface area contributed by atoms with Crippen LogP contribution in [0.5, 0.6) is 0 Å². The molecule has 0 spiro atoms. The van der Waals surface area contributed by atoms with E-state index in [4.69, 9.17) is 4.74 Å². The molecule has 4 aromatic rings. The molecule has 2 N–H and O–H groups in total. The van der Waals surface area contributed by atoms with Crippen LogP contribution in [-0.2, 0) is 16.0 Å². The van der Waals surface area contributed by atoms with Gasteiger partial charge < -0.3 is 15.0 Å². The molecular weight excluding hydrogens is 368 g/mol. The van der Waals surface area contributed by atoms with Crippen molar-refractivity contribution < 1.29 is 14.3 Å². The number of nitrogens with zero attached hydrogens (tertiary/aromatic N) is 2. The van der Waals surface area contributed by atoms with Crippen LogP contribution in [0.4, 0.5) is 0 Å². The number of aromatic nitrogens is 3. The molecule has 2 aromatic carbocycles. The lowest BCUT2D eigenvalue weighted by Gasteiger charge is -2.15. The van der Waals surface area contributed by atoms with Gasteiger partial charge in [0.2, 0.25) is 0 Å². The average Bonchev–Trinajstić information content (AvgIpc) is 3.41. The Morgan fingerprint density at radius 1 is 1.14 bits per heavy atom. The third-order valence-corrected chi connectivity index (χ3v) is 4.76. The first-order chi connectivity index (χ1) is 14.2. The highest BCUT2D eigenvalue weighted by atomic mass is 16.5. The minimum Gasteiger partial charge on any atom is -0.467 e. The van der Waals surface area contributed by atoms with Crippen molar-refractivity contribution in [3.8, 4) is 5.69 Å². The van der Waals surface area contributed by atoms with Crippen molar-refractivity contribution in [1.29, 1.82) is 0 Å². The molecule has 2 aromatic heterocycles. The second-order valence-corrected chi connectivity index (χ2v) is 6.62. The summed E-state index contributed by atoms with van der Waals surface area (Å²) in [6, 6.07) is 16.5. The van der Waals surface area contributed by atoms with E-state index in [-0.39, 0.29) is 5.91 Å². The van der Waals surface area contributed by atoms with E-state index >= 15 is 0 Å². The second kappa shape index (κ2) is 8.02. The van der Waals surface area contributed by atoms with Crippen molar-refractivity contribution in [2.45, 2.75) is 12.5 Å². The first kappa shape index (κ1) is 18.5. The van der Waals surface area contributed by atoms with Crippen LogP contribution in [0, 0.1) is 0 Å². The Kier molecular flexibility index (Phi) is 5.11. The van der Waals surface area contributed by atoms with Crippen LogP contribution in [0.25, 0.3) is 16.6 Å². The van der Waals surface area contributed by atoms with Crippen molar-refractivity contribution in [1.82, 2.24) is 20.1 Å². The quantitative estimate of drug-likeness (QED) is 0.497. The molecule has 2 heterocycles. The zero-order chi connectivity index (χ0) is 20.2. The number of para-hydroxylation sites is 2. The smallest absolute Gasteiger partial charge is 0.328 e. The van der Waals surface area contributed by atoms with Crippen molar-refractivity contribution in [3.05, 3.63) is 84.3 Å². The van der Waals surface area contributed by atoms with Gasteiger partial charge in [0, 0.05) is 29.7 Å². The molecule has 4 rings (SSSR count). The van der Waals surface area contributed by atoms with Gasteiger partial charge in [-0.3, -0.25) is 4.79 Å². The van der Waals surface area contributed by atoms with E-state index in [1.807, 2.05) is 60.8 Å². The number of fused-ring (bicyclic) bond motifs is 1. The summed E-state index contributed by atoms with van der Waals surface area (Å²) in [6.45, 7) is 0. The summed E-state index contributed by atoms with van der Waals surface area (Å²) in [4.78, 5) is 28.2. The Morgan fingerprint density at radius 2 is 1.90 bits per heavy atom. The largest absolute Gasteiger partial charge is 0.467 e. The Morgan fingerprint density at radius 3 is 2.69 bits per heavy atom. The van der Waals surface area contributed by atoms with Gasteiger partial charge in [0.15, 0.2) is 0 Å². The van der Waals surface area contributed by atoms with E-state index in [0.717, 1.165) is 22.2 Å². The maximum atomic E-state index is 12.7. The molecule has 1 amide bonds. The predicted octanol–water partition coefficient (Wildman–Crippen LogP) is 2.87. The van der Waals surface area contributed by atoms with Gasteiger partial charge in [0.1, 0.15) is 6.04 Å². The number of methoxy groups -OCH3 is 1. The summed E-state index contributed by atoms with van der Waals surface area (Å²) in [7, 11) is 1.31. The monoisotopic (exact) mass is 388 g/mol. The molecule has 0 fully saturated rings. The zero-order valence-electron chi connectivity index (χ0n) is 15.8. The molecule has 0 bridgehead atoms. The third-order valence-electron chi connectivity index (χ3n) is 4.76. The first-order valence-electron chi connectivity index (χ1n) is 9.19. The van der Waals surface area contributed by atoms with Gasteiger partial charge in [-0.15, -0.1) is 0 Å². The van der Waals surface area contributed by atoms with Gasteiger partial charge in [-0.2, -0.15) is 5.10 Å². The van der Waals surface area contributed by atoms with Crippen molar-refractivity contribution in [2.24, 2.45) is 0 Å². The number of rotatable bonds is 6. The molecule has 29 heavy (non-hydrogen) atoms. The topological polar surface area (TPSA) is 89.0 Å². The number of amides is 1. The lowest BCUT2D eigenvalue weighted by molar-refractivity contribution is -0.142. The Bertz CT molecular complexity index is 1150. The molecule has 0 aliphatic rings. The molecule has 0 saturated heterocycles. The van der Waals surface area contributed by atoms with Crippen LogP contribution in [0.1, 0.15) is 15.9 Å². The summed E-state index contributed by atoms with van der Waals surface area (Å²) in [5.74, 6) is -0.887. The number of carbonyl (C=O) groups excluding carboxylic acids is 2. The van der Waals surface area contributed by atoms with Crippen LogP contribution >= 0.6 is 0 Å². The second-order valence-electron chi connectivity index (χ2n) is 6.62. The van der Waals surface area contributed by atoms with E-state index < -0.39 is 12.0 Å². The highest BCUT2D eigenvalue weighted by Crippen LogP contribution is 2.19. The number of hydrogen-bond acceptors (Lipinski definition) is 4. The first-order valence-corrected chi connectivity index (χ1v) is 9.19. The van der Waals surface area contributed by atoms with E-state index in [1.54, 1.807) is 10.9 Å². The zero-order valence-corrected chi connectivity index (χ0v) is 15.8. The number of esters is 1. The summed E-state index contributed by atoms with van der Waals surface area (Å²) in [5.41, 5.74) is 3.11. The van der Waals surface area contributed by atoms with Gasteiger partial charge in [-0.05, 0) is 23.8 Å². The van der Waals surface area contributed by atoms with Crippen LogP contribution < -0.4 is 5.32 Å². The van der Waals surface area contributed by atoms with Crippen molar-refractivity contribution >= 4 is 22.8 Å². The molecule has 1 unspecified atom stereocenters. The Hall–Kier alpha value is -3.87. The number of aromatic amines is 1. The van der Waals surface area contributed by atoms with Crippen LogP contribution in [0.3, 0.4) is 0 Å². The molecule has 146 valence electrons. The fourth-order valence-electron chi connectivity index (χ4n) is 3.26. The van der Waals surface area contributed by atoms with Crippen LogP contribution in [0.2, 0.25) is 0 Å². The predicted molar refractivity (Wildman–Crippen MR) is 109 cm³/mol. The van der Waals surface area contributed by atoms with Crippen molar-refractivity contribution in [2.75, 3.05) is 7.11 Å². The van der Waals surface area contributed by atoms with E-state index in [2.05, 4.69) is 15.4 Å². The molecule has 0 aliphatic carbocycles. The number of nitrogens with one attached hydrogen (secondary N) is 2. The van der Waals surface area contributed by atoms with Gasteiger partial charge in [0.25, 0.3) is 5.91 Å². The summed E-state index contributed by atoms with van der Waals surface area (Å²) in [5, 5.41) is 8.01. The summed E-state index contributed by atoms with van der Waals surface area (Å²) >= 11 is 0. The number of hydrogen-bond donors (Lipinski definition) is 2. The van der Waals surface area contributed by atoms with Crippen molar-refractivity contribution in [3.63, 3.8) is 0 Å². The molecular formula is C22H20N4O3. The number of H-pyrrole nitrogens is 1. The van der Waals surface area contributed by atoms with Crippen LogP contribution in [-0.4, -0.2) is 39.8 Å². The molecule has 7 nitrogen and oxygen atoms in total. The fourth-order valence-corrected chi connectivity index (χ4v) is 3.26. The Balaban J connectivity index is 1.53. The van der Waals surface area contributed by atoms with Gasteiger partial charge in [-0.25, -0.2) is 9.48 Å². The standard InChI is InChI=1S/C22H20N4O3/c1-29-22(28)20(11-15-12-23-19-10-6-5-9-18(15)19)25-21(27)16-13-24-26(14-16)17-7-3-2-4-8-17/h2-10,12-14,20,23H,11H2,1H3,(H,25,27). The van der Waals surface area contributed by atoms with E-state index in [1.165, 1.54) is 13.3 Å². The molecule has 0 radical (unpaired) electrons. The number of carbonyl (C=O) groups is 2. The van der Waals surface area contributed by atoms with Crippen LogP contribution in [0.15, 0.2) is 73.2 Å². The third kappa shape index (κ3) is 3.89. The maximum absolute atomic E-state index is 12.7. The minimum absolute atomic E-state index is 0.315. The van der Waals surface area contributed by atoms with Gasteiger partial charge in [0.05, 0.1) is 24.6 Å². The SMILES string of the molecule is COC(=O)C(Cc1c[nH]c2ccccc12)NC(=O)c1cnn(-c2ccccc2)c1. The number of benzene rings is 2. The molecule has 7 heteroatoms. The molecule has 0 aliphatic heterocycles. The van der Waals surface area contributed by atoms with E-state index in [9.17, 15) is 9.59 Å². The van der Waals surface area contributed by atoms with E-state index in [0.29, 0.717) is 12.0 Å². The highest BCUT2D eigenvalue weighted by Gasteiger charge is 2.24.